The van der Waals surface area contributed by atoms with E-state index in [1.54, 1.807) is 11.3 Å². The van der Waals surface area contributed by atoms with Gasteiger partial charge in [-0.25, -0.2) is 4.98 Å². The van der Waals surface area contributed by atoms with Gasteiger partial charge in [0.15, 0.2) is 0 Å². The topological polar surface area (TPSA) is 48.7 Å². The van der Waals surface area contributed by atoms with Gasteiger partial charge in [-0.05, 0) is 37.6 Å². The van der Waals surface area contributed by atoms with Crippen molar-refractivity contribution in [2.24, 2.45) is 0 Å². The SMILES string of the molecule is Cc1ncc(CNc2ccc(C#N)cc2C)s1. The van der Waals surface area contributed by atoms with E-state index in [1.807, 2.05) is 38.2 Å². The molecule has 0 atom stereocenters. The number of rotatable bonds is 3. The summed E-state index contributed by atoms with van der Waals surface area (Å²) in [6.45, 7) is 4.78. The number of nitrogens with one attached hydrogen (secondary N) is 1. The van der Waals surface area contributed by atoms with E-state index < -0.39 is 0 Å². The number of benzene rings is 1. The second-order valence-corrected chi connectivity index (χ2v) is 5.16. The Morgan fingerprint density at radius 1 is 1.41 bits per heavy atom. The molecule has 4 heteroatoms. The molecule has 3 nitrogen and oxygen atoms in total. The molecule has 0 aliphatic rings. The summed E-state index contributed by atoms with van der Waals surface area (Å²) in [5.41, 5.74) is 2.85. The van der Waals surface area contributed by atoms with Crippen LogP contribution < -0.4 is 5.32 Å². The van der Waals surface area contributed by atoms with E-state index in [0.29, 0.717) is 5.56 Å². The van der Waals surface area contributed by atoms with Gasteiger partial charge in [-0.15, -0.1) is 11.3 Å². The van der Waals surface area contributed by atoms with Crippen molar-refractivity contribution in [3.05, 3.63) is 45.4 Å². The molecule has 0 radical (unpaired) electrons. The third-order valence-electron chi connectivity index (χ3n) is 2.48. The van der Waals surface area contributed by atoms with Crippen LogP contribution in [0.25, 0.3) is 0 Å². The molecule has 86 valence electrons. The fourth-order valence-electron chi connectivity index (χ4n) is 1.60. The van der Waals surface area contributed by atoms with Crippen molar-refractivity contribution in [1.29, 1.82) is 5.26 Å². The molecule has 1 heterocycles. The van der Waals surface area contributed by atoms with E-state index >= 15 is 0 Å². The molecular formula is C13H13N3S. The molecule has 1 aromatic carbocycles. The van der Waals surface area contributed by atoms with E-state index in [-0.39, 0.29) is 0 Å². The molecule has 1 N–H and O–H groups in total. The molecule has 0 saturated heterocycles. The molecule has 0 spiro atoms. The van der Waals surface area contributed by atoms with E-state index in [9.17, 15) is 0 Å². The first kappa shape index (κ1) is 11.6. The van der Waals surface area contributed by atoms with Crippen LogP contribution in [0, 0.1) is 25.2 Å². The summed E-state index contributed by atoms with van der Waals surface area (Å²) >= 11 is 1.69. The molecule has 2 aromatic rings. The maximum atomic E-state index is 8.79. The third kappa shape index (κ3) is 2.83. The van der Waals surface area contributed by atoms with Gasteiger partial charge in [0.25, 0.3) is 0 Å². The Morgan fingerprint density at radius 3 is 2.82 bits per heavy atom. The smallest absolute Gasteiger partial charge is 0.0991 e. The zero-order valence-corrected chi connectivity index (χ0v) is 10.6. The summed E-state index contributed by atoms with van der Waals surface area (Å²) in [7, 11) is 0. The minimum absolute atomic E-state index is 0.696. The van der Waals surface area contributed by atoms with Crippen molar-refractivity contribution < 1.29 is 0 Å². The molecule has 0 bridgehead atoms. The molecule has 0 amide bonds. The standard InChI is InChI=1S/C13H13N3S/c1-9-5-11(6-14)3-4-13(9)16-8-12-7-15-10(2)17-12/h3-5,7,16H,8H2,1-2H3. The fraction of sp³-hybridized carbons (Fsp3) is 0.231. The highest BCUT2D eigenvalue weighted by atomic mass is 32.1. The first-order valence-corrected chi connectivity index (χ1v) is 6.16. The summed E-state index contributed by atoms with van der Waals surface area (Å²) in [4.78, 5) is 5.43. The van der Waals surface area contributed by atoms with Crippen LogP contribution in [0.2, 0.25) is 0 Å². The van der Waals surface area contributed by atoms with Gasteiger partial charge < -0.3 is 5.32 Å². The molecule has 0 unspecified atom stereocenters. The van der Waals surface area contributed by atoms with E-state index in [0.717, 1.165) is 22.8 Å². The molecule has 1 aromatic heterocycles. The van der Waals surface area contributed by atoms with Gasteiger partial charge in [0.05, 0.1) is 23.2 Å². The van der Waals surface area contributed by atoms with Crippen LogP contribution in [0.15, 0.2) is 24.4 Å². The number of hydrogen-bond acceptors (Lipinski definition) is 4. The predicted octanol–water partition coefficient (Wildman–Crippen LogP) is 3.24. The number of aryl methyl sites for hydroxylation is 2. The molecule has 0 fully saturated rings. The number of nitrogens with zero attached hydrogens (tertiary/aromatic N) is 2. The summed E-state index contributed by atoms with van der Waals surface area (Å²) in [6.07, 6.45) is 1.89. The summed E-state index contributed by atoms with van der Waals surface area (Å²) < 4.78 is 0. The van der Waals surface area contributed by atoms with Crippen LogP contribution in [-0.4, -0.2) is 4.98 Å². The van der Waals surface area contributed by atoms with Gasteiger partial charge in [0.1, 0.15) is 0 Å². The lowest BCUT2D eigenvalue weighted by molar-refractivity contribution is 1.16. The largest absolute Gasteiger partial charge is 0.380 e. The summed E-state index contributed by atoms with van der Waals surface area (Å²) in [5, 5.41) is 13.2. The first-order valence-electron chi connectivity index (χ1n) is 5.35. The van der Waals surface area contributed by atoms with Crippen LogP contribution in [-0.2, 0) is 6.54 Å². The monoisotopic (exact) mass is 243 g/mol. The fourth-order valence-corrected chi connectivity index (χ4v) is 2.34. The second-order valence-electron chi connectivity index (χ2n) is 3.84. The number of nitriles is 1. The average molecular weight is 243 g/mol. The highest BCUT2D eigenvalue weighted by Gasteiger charge is 2.01. The first-order chi connectivity index (χ1) is 8.19. The van der Waals surface area contributed by atoms with Crippen LogP contribution in [0.3, 0.4) is 0 Å². The van der Waals surface area contributed by atoms with Crippen molar-refractivity contribution in [2.45, 2.75) is 20.4 Å². The lowest BCUT2D eigenvalue weighted by Gasteiger charge is -2.08. The Kier molecular flexibility index (Phi) is 3.40. The van der Waals surface area contributed by atoms with Crippen molar-refractivity contribution in [2.75, 3.05) is 5.32 Å². The van der Waals surface area contributed by atoms with Gasteiger partial charge >= 0.3 is 0 Å². The van der Waals surface area contributed by atoms with Crippen molar-refractivity contribution in [3.8, 4) is 6.07 Å². The minimum Gasteiger partial charge on any atom is -0.380 e. The van der Waals surface area contributed by atoms with E-state index in [1.165, 1.54) is 4.88 Å². The zero-order valence-electron chi connectivity index (χ0n) is 9.82. The molecule has 0 saturated carbocycles. The summed E-state index contributed by atoms with van der Waals surface area (Å²) in [5.74, 6) is 0. The molecule has 17 heavy (non-hydrogen) atoms. The van der Waals surface area contributed by atoms with Crippen molar-refractivity contribution in [1.82, 2.24) is 4.98 Å². The normalized spacial score (nSPS) is 9.94. The van der Waals surface area contributed by atoms with Crippen LogP contribution in [0.1, 0.15) is 21.0 Å². The predicted molar refractivity (Wildman–Crippen MR) is 70.1 cm³/mol. The second kappa shape index (κ2) is 4.98. The number of anilines is 1. The molecular weight excluding hydrogens is 230 g/mol. The Balaban J connectivity index is 2.07. The maximum Gasteiger partial charge on any atom is 0.0991 e. The molecule has 2 rings (SSSR count). The van der Waals surface area contributed by atoms with Gasteiger partial charge in [-0.3, -0.25) is 0 Å². The minimum atomic E-state index is 0.696. The summed E-state index contributed by atoms with van der Waals surface area (Å²) in [6, 6.07) is 7.80. The molecule has 0 aliphatic carbocycles. The highest BCUT2D eigenvalue weighted by Crippen LogP contribution is 2.18. The van der Waals surface area contributed by atoms with Crippen LogP contribution in [0.4, 0.5) is 5.69 Å². The number of hydrogen-bond donors (Lipinski definition) is 1. The lowest BCUT2D eigenvalue weighted by atomic mass is 10.1. The quantitative estimate of drug-likeness (QED) is 0.900. The van der Waals surface area contributed by atoms with Crippen molar-refractivity contribution >= 4 is 17.0 Å². The average Bonchev–Trinajstić information content (AvgIpc) is 2.73. The Bertz CT molecular complexity index is 566. The Hall–Kier alpha value is -1.86. The third-order valence-corrected chi connectivity index (χ3v) is 3.39. The van der Waals surface area contributed by atoms with Gasteiger partial charge in [0.2, 0.25) is 0 Å². The van der Waals surface area contributed by atoms with Gasteiger partial charge in [0, 0.05) is 16.8 Å². The number of aromatic nitrogens is 1. The van der Waals surface area contributed by atoms with E-state index in [4.69, 9.17) is 5.26 Å². The zero-order chi connectivity index (χ0) is 12.3. The van der Waals surface area contributed by atoms with Crippen molar-refractivity contribution in [3.63, 3.8) is 0 Å². The van der Waals surface area contributed by atoms with Crippen LogP contribution >= 0.6 is 11.3 Å². The van der Waals surface area contributed by atoms with E-state index in [2.05, 4.69) is 16.4 Å². The van der Waals surface area contributed by atoms with Gasteiger partial charge in [-0.2, -0.15) is 5.26 Å². The molecule has 0 aliphatic heterocycles. The maximum absolute atomic E-state index is 8.79. The number of thiazole rings is 1. The van der Waals surface area contributed by atoms with Gasteiger partial charge in [-0.1, -0.05) is 0 Å². The highest BCUT2D eigenvalue weighted by molar-refractivity contribution is 7.11. The lowest BCUT2D eigenvalue weighted by Crippen LogP contribution is -1.99. The van der Waals surface area contributed by atoms with Crippen LogP contribution in [0.5, 0.6) is 0 Å². The Morgan fingerprint density at radius 2 is 2.24 bits per heavy atom. The Labute approximate surface area is 105 Å².